The highest BCUT2D eigenvalue weighted by molar-refractivity contribution is 5.35. The lowest BCUT2D eigenvalue weighted by molar-refractivity contribution is 0.784. The van der Waals surface area contributed by atoms with Gasteiger partial charge in [0.15, 0.2) is 0 Å². The minimum absolute atomic E-state index is 1.20. The van der Waals surface area contributed by atoms with Gasteiger partial charge >= 0.3 is 0 Å². The van der Waals surface area contributed by atoms with Crippen LogP contribution in [0.25, 0.3) is 0 Å². The van der Waals surface area contributed by atoms with Crippen molar-refractivity contribution < 1.29 is 0 Å². The predicted molar refractivity (Wildman–Crippen MR) is 61.9 cm³/mol. The molecule has 0 rings (SSSR count). The third-order valence-electron chi connectivity index (χ3n) is 2.06. The summed E-state index contributed by atoms with van der Waals surface area (Å²) in [7, 11) is 0. The van der Waals surface area contributed by atoms with Gasteiger partial charge in [-0.2, -0.15) is 0 Å². The van der Waals surface area contributed by atoms with Crippen molar-refractivity contribution in [2.75, 3.05) is 0 Å². The molecule has 13 heavy (non-hydrogen) atoms. The van der Waals surface area contributed by atoms with E-state index in [-0.39, 0.29) is 0 Å². The first-order valence-corrected chi connectivity index (χ1v) is 5.08. The third-order valence-corrected chi connectivity index (χ3v) is 2.06. The highest BCUT2D eigenvalue weighted by Crippen LogP contribution is 2.15. The Labute approximate surface area is 83.0 Å². The van der Waals surface area contributed by atoms with Crippen LogP contribution in [0.5, 0.6) is 0 Å². The fourth-order valence-electron chi connectivity index (χ4n) is 1.25. The molecule has 0 heteroatoms. The Morgan fingerprint density at radius 1 is 1.23 bits per heavy atom. The summed E-state index contributed by atoms with van der Waals surface area (Å²) in [6.07, 6.45) is 7.90. The second-order valence-electron chi connectivity index (χ2n) is 3.77. The molecule has 0 amide bonds. The molecule has 0 atom stereocenters. The van der Waals surface area contributed by atoms with Crippen LogP contribution in [-0.2, 0) is 0 Å². The second kappa shape index (κ2) is 6.71. The van der Waals surface area contributed by atoms with Crippen molar-refractivity contribution in [1.29, 1.82) is 0 Å². The molecule has 0 spiro atoms. The van der Waals surface area contributed by atoms with Crippen molar-refractivity contribution in [3.05, 3.63) is 35.5 Å². The number of allylic oxidation sites excluding steroid dienone is 5. The molecule has 0 bridgehead atoms. The van der Waals surface area contributed by atoms with Gasteiger partial charge in [0, 0.05) is 0 Å². The zero-order chi connectivity index (χ0) is 10.3. The van der Waals surface area contributed by atoms with Crippen molar-refractivity contribution in [3.8, 4) is 0 Å². The van der Waals surface area contributed by atoms with Gasteiger partial charge in [-0.25, -0.2) is 0 Å². The molecule has 0 aliphatic heterocycles. The smallest absolute Gasteiger partial charge is 0.0274 e. The summed E-state index contributed by atoms with van der Waals surface area (Å²) >= 11 is 0. The number of hydrogen-bond donors (Lipinski definition) is 0. The normalized spacial score (nSPS) is 12.0. The molecule has 0 aromatic carbocycles. The quantitative estimate of drug-likeness (QED) is 0.538. The molecule has 0 nitrogen and oxygen atoms in total. The van der Waals surface area contributed by atoms with Crippen molar-refractivity contribution in [3.63, 3.8) is 0 Å². The van der Waals surface area contributed by atoms with Gasteiger partial charge in [-0.3, -0.25) is 0 Å². The molecule has 0 fully saturated rings. The van der Waals surface area contributed by atoms with E-state index in [1.54, 1.807) is 0 Å². The Bertz CT molecular complexity index is 212. The molecular weight excluding hydrogens is 156 g/mol. The summed E-state index contributed by atoms with van der Waals surface area (Å²) in [5.74, 6) is 0. The topological polar surface area (TPSA) is 0 Å². The van der Waals surface area contributed by atoms with Crippen LogP contribution in [0.3, 0.4) is 0 Å². The maximum absolute atomic E-state index is 3.84. The third kappa shape index (κ3) is 5.46. The van der Waals surface area contributed by atoms with Gasteiger partial charge in [-0.15, -0.1) is 0 Å². The Morgan fingerprint density at radius 2 is 1.85 bits per heavy atom. The molecule has 0 aromatic rings. The lowest BCUT2D eigenvalue weighted by Crippen LogP contribution is -1.84. The summed E-state index contributed by atoms with van der Waals surface area (Å²) < 4.78 is 0. The maximum Gasteiger partial charge on any atom is -0.0274 e. The Hall–Kier alpha value is -0.780. The fourth-order valence-corrected chi connectivity index (χ4v) is 1.25. The fraction of sp³-hybridized carbons (Fsp3) is 0.538. The first kappa shape index (κ1) is 12.2. The van der Waals surface area contributed by atoms with Crippen molar-refractivity contribution in [2.45, 2.75) is 47.0 Å². The maximum atomic E-state index is 3.84. The summed E-state index contributed by atoms with van der Waals surface area (Å²) in [6, 6.07) is 0. The number of rotatable bonds is 5. The molecule has 0 unspecified atom stereocenters. The lowest BCUT2D eigenvalue weighted by atomic mass is 10.0. The number of hydrogen-bond acceptors (Lipinski definition) is 0. The van der Waals surface area contributed by atoms with Gasteiger partial charge in [-0.05, 0) is 39.2 Å². The Balaban J connectivity index is 4.49. The summed E-state index contributed by atoms with van der Waals surface area (Å²) in [4.78, 5) is 0. The van der Waals surface area contributed by atoms with Crippen LogP contribution >= 0.6 is 0 Å². The van der Waals surface area contributed by atoms with E-state index in [0.29, 0.717) is 0 Å². The SMILES string of the molecule is C=C/C(C=C(C)C)=C(/C)CCCC. The van der Waals surface area contributed by atoms with E-state index in [9.17, 15) is 0 Å². The van der Waals surface area contributed by atoms with Crippen molar-refractivity contribution in [2.24, 2.45) is 0 Å². The lowest BCUT2D eigenvalue weighted by Gasteiger charge is -2.04. The van der Waals surface area contributed by atoms with E-state index in [1.165, 1.54) is 36.0 Å². The van der Waals surface area contributed by atoms with Gasteiger partial charge in [-0.1, -0.05) is 43.2 Å². The van der Waals surface area contributed by atoms with Gasteiger partial charge in [0.05, 0.1) is 0 Å². The minimum Gasteiger partial charge on any atom is -0.0985 e. The van der Waals surface area contributed by atoms with Crippen molar-refractivity contribution >= 4 is 0 Å². The zero-order valence-electron chi connectivity index (χ0n) is 9.48. The monoisotopic (exact) mass is 178 g/mol. The Kier molecular flexibility index (Phi) is 6.30. The Morgan fingerprint density at radius 3 is 2.23 bits per heavy atom. The zero-order valence-corrected chi connectivity index (χ0v) is 9.48. The van der Waals surface area contributed by atoms with Gasteiger partial charge in [0.25, 0.3) is 0 Å². The first-order valence-electron chi connectivity index (χ1n) is 5.08. The van der Waals surface area contributed by atoms with Gasteiger partial charge in [0.2, 0.25) is 0 Å². The molecule has 0 aliphatic rings. The summed E-state index contributed by atoms with van der Waals surface area (Å²) in [6.45, 7) is 12.5. The number of unbranched alkanes of at least 4 members (excludes halogenated alkanes) is 1. The summed E-state index contributed by atoms with van der Waals surface area (Å²) in [5.41, 5.74) is 4.09. The average Bonchev–Trinajstić information content (AvgIpc) is 2.09. The van der Waals surface area contributed by atoms with E-state index >= 15 is 0 Å². The average molecular weight is 178 g/mol. The largest absolute Gasteiger partial charge is 0.0985 e. The molecular formula is C13H22. The molecule has 0 N–H and O–H groups in total. The molecule has 0 saturated carbocycles. The van der Waals surface area contributed by atoms with Crippen LogP contribution in [0.2, 0.25) is 0 Å². The van der Waals surface area contributed by atoms with Crippen LogP contribution in [0.15, 0.2) is 35.5 Å². The standard InChI is InChI=1S/C13H22/c1-6-8-9-12(5)13(7-2)10-11(3)4/h7,10H,2,6,8-9H2,1,3-5H3/b13-12+. The van der Waals surface area contributed by atoms with Crippen molar-refractivity contribution in [1.82, 2.24) is 0 Å². The molecule has 0 heterocycles. The van der Waals surface area contributed by atoms with E-state index in [2.05, 4.69) is 40.3 Å². The van der Waals surface area contributed by atoms with Gasteiger partial charge < -0.3 is 0 Å². The molecule has 0 aliphatic carbocycles. The van der Waals surface area contributed by atoms with E-state index in [0.717, 1.165) is 0 Å². The van der Waals surface area contributed by atoms with Crippen LogP contribution in [-0.4, -0.2) is 0 Å². The molecule has 0 aromatic heterocycles. The molecule has 0 radical (unpaired) electrons. The summed E-state index contributed by atoms with van der Waals surface area (Å²) in [5, 5.41) is 0. The highest BCUT2D eigenvalue weighted by atomic mass is 14.0. The van der Waals surface area contributed by atoms with Crippen LogP contribution in [0.4, 0.5) is 0 Å². The van der Waals surface area contributed by atoms with E-state index in [4.69, 9.17) is 0 Å². The van der Waals surface area contributed by atoms with Gasteiger partial charge in [0.1, 0.15) is 0 Å². The molecule has 74 valence electrons. The highest BCUT2D eigenvalue weighted by Gasteiger charge is 1.95. The first-order chi connectivity index (χ1) is 6.11. The van der Waals surface area contributed by atoms with Crippen LogP contribution in [0.1, 0.15) is 47.0 Å². The van der Waals surface area contributed by atoms with Crippen LogP contribution in [0, 0.1) is 0 Å². The second-order valence-corrected chi connectivity index (χ2v) is 3.77. The van der Waals surface area contributed by atoms with E-state index < -0.39 is 0 Å². The van der Waals surface area contributed by atoms with E-state index in [1.807, 2.05) is 6.08 Å². The van der Waals surface area contributed by atoms with Crippen LogP contribution < -0.4 is 0 Å². The molecule has 0 saturated heterocycles. The predicted octanol–water partition coefficient (Wildman–Crippen LogP) is 4.65. The minimum atomic E-state index is 1.20.